The van der Waals surface area contributed by atoms with Crippen LogP contribution in [0.3, 0.4) is 0 Å². The van der Waals surface area contributed by atoms with Gasteiger partial charge in [0.25, 0.3) is 11.8 Å². The Bertz CT molecular complexity index is 1440. The van der Waals surface area contributed by atoms with E-state index in [0.29, 0.717) is 35.1 Å². The lowest BCUT2D eigenvalue weighted by molar-refractivity contribution is 0.0532. The lowest BCUT2D eigenvalue weighted by Gasteiger charge is -2.33. The predicted molar refractivity (Wildman–Crippen MR) is 144 cm³/mol. The van der Waals surface area contributed by atoms with Gasteiger partial charge in [-0.15, -0.1) is 0 Å². The van der Waals surface area contributed by atoms with Gasteiger partial charge in [-0.05, 0) is 72.3 Å². The average molecular weight is 497 g/mol. The first-order valence-electron chi connectivity index (χ1n) is 12.2. The molecule has 0 aliphatic carbocycles. The van der Waals surface area contributed by atoms with Crippen molar-refractivity contribution in [1.29, 1.82) is 0 Å². The van der Waals surface area contributed by atoms with E-state index in [9.17, 15) is 9.59 Å². The minimum atomic E-state index is -0.251. The van der Waals surface area contributed by atoms with E-state index in [0.717, 1.165) is 29.5 Å². The molecule has 0 radical (unpaired) electrons. The Morgan fingerprint density at radius 2 is 1.81 bits per heavy atom. The van der Waals surface area contributed by atoms with Crippen LogP contribution in [0.4, 0.5) is 11.5 Å². The Hall–Kier alpha value is -4.43. The van der Waals surface area contributed by atoms with Crippen molar-refractivity contribution in [1.82, 2.24) is 10.3 Å². The van der Waals surface area contributed by atoms with Crippen LogP contribution < -0.4 is 20.3 Å². The molecule has 1 aromatic heterocycles. The van der Waals surface area contributed by atoms with Crippen LogP contribution in [0.25, 0.3) is 10.8 Å². The lowest BCUT2D eigenvalue weighted by Crippen LogP contribution is -2.41. The fourth-order valence-electron chi connectivity index (χ4n) is 4.40. The Kier molecular flexibility index (Phi) is 7.00. The molecule has 4 aromatic rings. The number of hydrogen-bond acceptors (Lipinski definition) is 6. The molecule has 1 unspecified atom stereocenters. The van der Waals surface area contributed by atoms with Gasteiger partial charge in [-0.25, -0.2) is 4.98 Å². The number of benzene rings is 3. The SMILES string of the molecule is CNC(=O)c1cccc2cc(Oc3ccnc(NC(=O)c4ccc(N5CCOC(C)C5)cc4)c3)ccc12. The molecule has 0 bridgehead atoms. The first-order valence-corrected chi connectivity index (χ1v) is 12.2. The summed E-state index contributed by atoms with van der Waals surface area (Å²) in [5, 5.41) is 7.22. The number of ether oxygens (including phenoxy) is 2. The van der Waals surface area contributed by atoms with E-state index in [4.69, 9.17) is 9.47 Å². The number of morpholine rings is 1. The van der Waals surface area contributed by atoms with Crippen LogP contribution in [-0.4, -0.2) is 49.6 Å². The third kappa shape index (κ3) is 5.54. The number of nitrogens with one attached hydrogen (secondary N) is 2. The Morgan fingerprint density at radius 3 is 2.59 bits per heavy atom. The topological polar surface area (TPSA) is 92.8 Å². The second-order valence-electron chi connectivity index (χ2n) is 8.87. The number of rotatable bonds is 6. The molecule has 1 saturated heterocycles. The number of hydrogen-bond donors (Lipinski definition) is 2. The van der Waals surface area contributed by atoms with Crippen LogP contribution in [0.2, 0.25) is 0 Å². The van der Waals surface area contributed by atoms with E-state index < -0.39 is 0 Å². The molecule has 37 heavy (non-hydrogen) atoms. The van der Waals surface area contributed by atoms with Gasteiger partial charge in [0.1, 0.15) is 17.3 Å². The number of nitrogens with zero attached hydrogens (tertiary/aromatic N) is 2. The van der Waals surface area contributed by atoms with Gasteiger partial charge in [0.15, 0.2) is 0 Å². The molecule has 8 heteroatoms. The lowest BCUT2D eigenvalue weighted by atomic mass is 10.0. The first kappa shape index (κ1) is 24.3. The normalized spacial score (nSPS) is 15.3. The van der Waals surface area contributed by atoms with Gasteiger partial charge in [-0.3, -0.25) is 9.59 Å². The van der Waals surface area contributed by atoms with Gasteiger partial charge in [-0.1, -0.05) is 12.1 Å². The van der Waals surface area contributed by atoms with E-state index in [1.807, 2.05) is 54.6 Å². The fraction of sp³-hybridized carbons (Fsp3) is 0.207. The van der Waals surface area contributed by atoms with Crippen molar-refractivity contribution in [3.05, 3.63) is 90.1 Å². The van der Waals surface area contributed by atoms with E-state index in [-0.39, 0.29) is 17.9 Å². The zero-order valence-electron chi connectivity index (χ0n) is 20.7. The number of pyridine rings is 1. The number of carbonyl (C=O) groups is 2. The van der Waals surface area contributed by atoms with E-state index in [1.165, 1.54) is 0 Å². The van der Waals surface area contributed by atoms with Crippen molar-refractivity contribution in [2.75, 3.05) is 37.0 Å². The summed E-state index contributed by atoms with van der Waals surface area (Å²) in [6.07, 6.45) is 1.77. The summed E-state index contributed by atoms with van der Waals surface area (Å²) in [6, 6.07) is 22.0. The van der Waals surface area contributed by atoms with Gasteiger partial charge >= 0.3 is 0 Å². The standard InChI is InChI=1S/C29H28N4O4/c1-19-18-33(14-15-36-19)22-8-6-20(7-9-22)28(34)32-27-17-24(12-13-31-27)37-23-10-11-25-21(16-23)4-3-5-26(25)29(35)30-2/h3-13,16-17,19H,14-15,18H2,1-2H3,(H,30,35)(H,31,32,34). The largest absolute Gasteiger partial charge is 0.457 e. The Labute approximate surface area is 215 Å². The zero-order chi connectivity index (χ0) is 25.8. The summed E-state index contributed by atoms with van der Waals surface area (Å²) in [5.41, 5.74) is 2.21. The maximum Gasteiger partial charge on any atom is 0.256 e. The molecule has 2 amide bonds. The van der Waals surface area contributed by atoms with Crippen molar-refractivity contribution in [3.8, 4) is 11.5 Å². The summed E-state index contributed by atoms with van der Waals surface area (Å²) < 4.78 is 11.6. The minimum Gasteiger partial charge on any atom is -0.457 e. The molecule has 2 heterocycles. The van der Waals surface area contributed by atoms with Gasteiger partial charge in [-0.2, -0.15) is 0 Å². The summed E-state index contributed by atoms with van der Waals surface area (Å²) >= 11 is 0. The molecule has 188 valence electrons. The molecular formula is C29H28N4O4. The van der Waals surface area contributed by atoms with Crippen LogP contribution in [0, 0.1) is 0 Å². The molecule has 1 aliphatic heterocycles. The average Bonchev–Trinajstić information content (AvgIpc) is 2.92. The van der Waals surface area contributed by atoms with Crippen LogP contribution in [0.5, 0.6) is 11.5 Å². The molecular weight excluding hydrogens is 468 g/mol. The van der Waals surface area contributed by atoms with Gasteiger partial charge in [0.2, 0.25) is 0 Å². The van der Waals surface area contributed by atoms with Crippen molar-refractivity contribution in [2.45, 2.75) is 13.0 Å². The monoisotopic (exact) mass is 496 g/mol. The molecule has 1 aliphatic rings. The first-order chi connectivity index (χ1) is 18.0. The number of anilines is 2. The van der Waals surface area contributed by atoms with Gasteiger partial charge in [0, 0.05) is 49.2 Å². The number of carbonyl (C=O) groups excluding carboxylic acids is 2. The maximum atomic E-state index is 12.8. The highest BCUT2D eigenvalue weighted by Gasteiger charge is 2.17. The molecule has 1 atom stereocenters. The third-order valence-electron chi connectivity index (χ3n) is 6.27. The van der Waals surface area contributed by atoms with Gasteiger partial charge in [0.05, 0.1) is 12.7 Å². The van der Waals surface area contributed by atoms with Crippen molar-refractivity contribution >= 4 is 34.1 Å². The van der Waals surface area contributed by atoms with E-state index in [1.54, 1.807) is 31.4 Å². The molecule has 8 nitrogen and oxygen atoms in total. The van der Waals surface area contributed by atoms with Crippen molar-refractivity contribution in [3.63, 3.8) is 0 Å². The van der Waals surface area contributed by atoms with Crippen LogP contribution in [0.1, 0.15) is 27.6 Å². The smallest absolute Gasteiger partial charge is 0.256 e. The summed E-state index contributed by atoms with van der Waals surface area (Å²) in [4.78, 5) is 31.5. The molecule has 0 spiro atoms. The quantitative estimate of drug-likeness (QED) is 0.396. The van der Waals surface area contributed by atoms with E-state index >= 15 is 0 Å². The zero-order valence-corrected chi connectivity index (χ0v) is 20.7. The maximum absolute atomic E-state index is 12.8. The van der Waals surface area contributed by atoms with Crippen LogP contribution in [0.15, 0.2) is 79.0 Å². The Morgan fingerprint density at radius 1 is 1.00 bits per heavy atom. The summed E-state index contributed by atoms with van der Waals surface area (Å²) in [5.74, 6) is 1.14. The fourth-order valence-corrected chi connectivity index (χ4v) is 4.40. The second kappa shape index (κ2) is 10.7. The highest BCUT2D eigenvalue weighted by molar-refractivity contribution is 6.07. The molecule has 5 rings (SSSR count). The van der Waals surface area contributed by atoms with Crippen molar-refractivity contribution < 1.29 is 19.1 Å². The second-order valence-corrected chi connectivity index (χ2v) is 8.87. The number of amides is 2. The highest BCUT2D eigenvalue weighted by Crippen LogP contribution is 2.28. The number of fused-ring (bicyclic) bond motifs is 1. The molecule has 0 saturated carbocycles. The van der Waals surface area contributed by atoms with E-state index in [2.05, 4.69) is 27.4 Å². The third-order valence-corrected chi connectivity index (χ3v) is 6.27. The van der Waals surface area contributed by atoms with Crippen molar-refractivity contribution in [2.24, 2.45) is 0 Å². The van der Waals surface area contributed by atoms with Crippen LogP contribution in [-0.2, 0) is 4.74 Å². The minimum absolute atomic E-state index is 0.140. The molecule has 1 fully saturated rings. The van der Waals surface area contributed by atoms with Crippen LogP contribution >= 0.6 is 0 Å². The molecule has 2 N–H and O–H groups in total. The van der Waals surface area contributed by atoms with Gasteiger partial charge < -0.3 is 25.0 Å². The highest BCUT2D eigenvalue weighted by atomic mass is 16.5. The Balaban J connectivity index is 1.27. The summed E-state index contributed by atoms with van der Waals surface area (Å²) in [7, 11) is 1.61. The molecule has 3 aromatic carbocycles. The summed E-state index contributed by atoms with van der Waals surface area (Å²) in [6.45, 7) is 4.42. The number of aromatic nitrogens is 1. The predicted octanol–water partition coefficient (Wildman–Crippen LogP) is 4.86.